The van der Waals surface area contributed by atoms with Crippen molar-refractivity contribution in [3.05, 3.63) is 83.9 Å². The number of hydrogen-bond donors (Lipinski definition) is 4. The molecule has 11 nitrogen and oxygen atoms in total. The molecule has 0 aromatic heterocycles. The summed E-state index contributed by atoms with van der Waals surface area (Å²) in [6.07, 6.45) is 5.04. The van der Waals surface area contributed by atoms with Gasteiger partial charge in [0.1, 0.15) is 23.7 Å². The molecule has 282 valence electrons. The van der Waals surface area contributed by atoms with Crippen molar-refractivity contribution in [1.29, 1.82) is 0 Å². The zero-order chi connectivity index (χ0) is 37.7. The molecule has 3 aliphatic rings. The quantitative estimate of drug-likeness (QED) is 0.187. The Labute approximate surface area is 311 Å². The van der Waals surface area contributed by atoms with Crippen LogP contribution in [0.1, 0.15) is 76.8 Å². The van der Waals surface area contributed by atoms with E-state index in [1.165, 1.54) is 11.8 Å². The Kier molecular flexibility index (Phi) is 11.8. The molecular weight excluding hydrogens is 672 g/mol. The molecule has 4 N–H and O–H groups in total. The molecule has 2 saturated carbocycles. The first-order chi connectivity index (χ1) is 25.5. The first-order valence-electron chi connectivity index (χ1n) is 19.0. The number of rotatable bonds is 14. The Balaban J connectivity index is 1.22. The van der Waals surface area contributed by atoms with Gasteiger partial charge in [-0.1, -0.05) is 106 Å². The monoisotopic (exact) mass is 724 g/mol. The molecule has 3 aromatic carbocycles. The number of carboxylic acid groups (broad SMARTS) is 1. The van der Waals surface area contributed by atoms with Gasteiger partial charge in [0.25, 0.3) is 0 Å². The Morgan fingerprint density at radius 2 is 1.60 bits per heavy atom. The Bertz CT molecular complexity index is 1800. The van der Waals surface area contributed by atoms with Gasteiger partial charge in [-0.3, -0.25) is 19.2 Å². The van der Waals surface area contributed by atoms with Crippen LogP contribution in [-0.4, -0.2) is 75.9 Å². The predicted octanol–water partition coefficient (Wildman–Crippen LogP) is 4.75. The van der Waals surface area contributed by atoms with Crippen molar-refractivity contribution in [2.24, 2.45) is 17.8 Å². The van der Waals surface area contributed by atoms with Crippen LogP contribution in [0.4, 0.5) is 0 Å². The fourth-order valence-electron chi connectivity index (χ4n) is 8.30. The third-order valence-corrected chi connectivity index (χ3v) is 11.4. The topological polar surface area (TPSA) is 154 Å². The van der Waals surface area contributed by atoms with Gasteiger partial charge >= 0.3 is 5.97 Å². The molecule has 1 heterocycles. The third kappa shape index (κ3) is 8.73. The lowest BCUT2D eigenvalue weighted by molar-refractivity contribution is -0.146. The van der Waals surface area contributed by atoms with Crippen molar-refractivity contribution in [1.82, 2.24) is 20.9 Å². The number of carbonyl (C=O) groups excluding carboxylic acids is 4. The van der Waals surface area contributed by atoms with Crippen LogP contribution in [0.15, 0.2) is 72.8 Å². The third-order valence-electron chi connectivity index (χ3n) is 11.4. The molecular formula is C42H52N4O7. The summed E-state index contributed by atoms with van der Waals surface area (Å²) in [5.74, 6) is -3.54. The smallest absolute Gasteiger partial charge is 0.329 e. The van der Waals surface area contributed by atoms with Gasteiger partial charge in [-0.15, -0.1) is 0 Å². The average molecular weight is 725 g/mol. The van der Waals surface area contributed by atoms with Crippen LogP contribution < -0.4 is 16.0 Å². The molecule has 1 saturated heterocycles. The molecule has 6 rings (SSSR count). The molecule has 4 amide bonds. The van der Waals surface area contributed by atoms with Gasteiger partial charge in [0.15, 0.2) is 0 Å². The highest BCUT2D eigenvalue weighted by Gasteiger charge is 2.62. The number of amides is 4. The van der Waals surface area contributed by atoms with E-state index in [4.69, 9.17) is 4.74 Å². The molecule has 1 aliphatic heterocycles. The summed E-state index contributed by atoms with van der Waals surface area (Å²) in [6, 6.07) is 20.8. The summed E-state index contributed by atoms with van der Waals surface area (Å²) in [5.41, 5.74) is 0.510. The lowest BCUT2D eigenvalue weighted by atomic mass is 9.83. The molecule has 0 radical (unpaired) electrons. The molecule has 2 aliphatic carbocycles. The zero-order valence-electron chi connectivity index (χ0n) is 30.9. The molecule has 3 aromatic rings. The molecule has 3 fully saturated rings. The van der Waals surface area contributed by atoms with E-state index < -0.39 is 53.5 Å². The number of fused-ring (bicyclic) bond motifs is 1. The number of nitrogens with zero attached hydrogens (tertiary/aromatic N) is 1. The van der Waals surface area contributed by atoms with E-state index in [0.29, 0.717) is 6.42 Å². The minimum atomic E-state index is -1.44. The fourth-order valence-corrected chi connectivity index (χ4v) is 8.30. The molecule has 6 atom stereocenters. The Morgan fingerprint density at radius 1 is 0.906 bits per heavy atom. The van der Waals surface area contributed by atoms with E-state index in [2.05, 4.69) is 16.0 Å². The van der Waals surface area contributed by atoms with Gasteiger partial charge in [-0.05, 0) is 65.3 Å². The normalized spacial score (nSPS) is 24.0. The van der Waals surface area contributed by atoms with E-state index in [1.807, 2.05) is 86.6 Å². The summed E-state index contributed by atoms with van der Waals surface area (Å²) >= 11 is 0. The fraction of sp³-hybridized carbons (Fsp3) is 0.500. The number of benzene rings is 3. The number of likely N-dealkylation sites (tertiary alicyclic amines) is 1. The zero-order valence-corrected chi connectivity index (χ0v) is 30.9. The second-order valence-corrected chi connectivity index (χ2v) is 15.5. The number of aliphatic carboxylic acids is 1. The van der Waals surface area contributed by atoms with Crippen molar-refractivity contribution in [3.8, 4) is 0 Å². The van der Waals surface area contributed by atoms with Crippen LogP contribution in [-0.2, 0) is 41.7 Å². The first kappa shape index (κ1) is 38.0. The van der Waals surface area contributed by atoms with E-state index in [-0.39, 0.29) is 49.7 Å². The number of carbonyl (C=O) groups is 5. The Morgan fingerprint density at radius 3 is 2.30 bits per heavy atom. The largest absolute Gasteiger partial charge is 0.479 e. The van der Waals surface area contributed by atoms with Gasteiger partial charge in [0, 0.05) is 19.9 Å². The van der Waals surface area contributed by atoms with Crippen molar-refractivity contribution < 1.29 is 33.8 Å². The average Bonchev–Trinajstić information content (AvgIpc) is 3.66. The van der Waals surface area contributed by atoms with Gasteiger partial charge < -0.3 is 30.7 Å². The van der Waals surface area contributed by atoms with Gasteiger partial charge in [0.05, 0.1) is 12.7 Å². The summed E-state index contributed by atoms with van der Waals surface area (Å²) in [6.45, 7) is 5.38. The van der Waals surface area contributed by atoms with E-state index in [9.17, 15) is 29.1 Å². The van der Waals surface area contributed by atoms with Crippen molar-refractivity contribution >= 4 is 40.4 Å². The molecule has 0 spiro atoms. The van der Waals surface area contributed by atoms with Crippen LogP contribution in [0, 0.1) is 17.8 Å². The summed E-state index contributed by atoms with van der Waals surface area (Å²) in [4.78, 5) is 68.9. The van der Waals surface area contributed by atoms with Crippen LogP contribution in [0.2, 0.25) is 0 Å². The van der Waals surface area contributed by atoms with Crippen molar-refractivity contribution in [2.75, 3.05) is 6.54 Å². The molecule has 53 heavy (non-hydrogen) atoms. The molecule has 11 heteroatoms. The van der Waals surface area contributed by atoms with Gasteiger partial charge in [0.2, 0.25) is 23.6 Å². The highest BCUT2D eigenvalue weighted by molar-refractivity contribution is 5.97. The predicted molar refractivity (Wildman–Crippen MR) is 200 cm³/mol. The second-order valence-electron chi connectivity index (χ2n) is 15.5. The van der Waals surface area contributed by atoms with E-state index in [1.54, 1.807) is 0 Å². The SMILES string of the molecule is CC(=O)N[C@H](C(=O)N[C@H](C(=O)N1C[C@H](OCc2cccc3ccccc23)C[C@H]1C(=O)N[C@@]1(C(=O)O)C[C@@H]1Cc1ccccc1)C(C)C)C1CCCCC1. The lowest BCUT2D eigenvalue weighted by Crippen LogP contribution is -2.60. The van der Waals surface area contributed by atoms with Crippen LogP contribution in [0.25, 0.3) is 10.8 Å². The first-order valence-corrected chi connectivity index (χ1v) is 19.0. The highest BCUT2D eigenvalue weighted by atomic mass is 16.5. The maximum atomic E-state index is 14.5. The summed E-state index contributed by atoms with van der Waals surface area (Å²) in [5, 5.41) is 21.1. The van der Waals surface area contributed by atoms with E-state index in [0.717, 1.165) is 54.0 Å². The number of nitrogens with one attached hydrogen (secondary N) is 3. The van der Waals surface area contributed by atoms with Crippen molar-refractivity contribution in [2.45, 2.75) is 109 Å². The number of ether oxygens (including phenoxy) is 1. The minimum Gasteiger partial charge on any atom is -0.479 e. The van der Waals surface area contributed by atoms with E-state index >= 15 is 0 Å². The maximum Gasteiger partial charge on any atom is 0.329 e. The second kappa shape index (κ2) is 16.5. The number of hydrogen-bond acceptors (Lipinski definition) is 6. The minimum absolute atomic E-state index is 0.0395. The van der Waals surface area contributed by atoms with Crippen LogP contribution in [0.3, 0.4) is 0 Å². The highest BCUT2D eigenvalue weighted by Crippen LogP contribution is 2.46. The molecule has 0 bridgehead atoms. The summed E-state index contributed by atoms with van der Waals surface area (Å²) < 4.78 is 6.41. The standard InChI is InChI=1S/C42H52N4O7/c1-26(2)36(44-39(49)37(43-27(3)47)30-16-8-5-9-17-30)40(50)46-24-33(53-25-31-19-12-18-29-15-10-11-20-34(29)31)22-35(46)38(48)45-42(41(51)52)23-32(42)21-28-13-6-4-7-14-28/h4,6-7,10-15,18-20,26,30,32-33,35-37H,5,8-9,16-17,21-25H2,1-3H3,(H,43,47)(H,44,49)(H,45,48)(H,51,52)/t32-,33+,35-,36-,37-,42-/m0/s1. The molecule has 0 unspecified atom stereocenters. The van der Waals surface area contributed by atoms with Gasteiger partial charge in [-0.25, -0.2) is 4.79 Å². The van der Waals surface area contributed by atoms with Crippen LogP contribution in [0.5, 0.6) is 0 Å². The van der Waals surface area contributed by atoms with Gasteiger partial charge in [-0.2, -0.15) is 0 Å². The number of carboxylic acids is 1. The van der Waals surface area contributed by atoms with Crippen LogP contribution >= 0.6 is 0 Å². The summed E-state index contributed by atoms with van der Waals surface area (Å²) in [7, 11) is 0. The lowest BCUT2D eigenvalue weighted by Gasteiger charge is -2.34. The Hall–Kier alpha value is -4.77. The van der Waals surface area contributed by atoms with Crippen molar-refractivity contribution in [3.63, 3.8) is 0 Å². The maximum absolute atomic E-state index is 14.5.